The second kappa shape index (κ2) is 10.3. The van der Waals surface area contributed by atoms with Gasteiger partial charge in [-0.3, -0.25) is 9.69 Å². The molecule has 0 aliphatic rings. The van der Waals surface area contributed by atoms with Crippen molar-refractivity contribution in [2.24, 2.45) is 5.92 Å². The zero-order valence-corrected chi connectivity index (χ0v) is 22.5. The van der Waals surface area contributed by atoms with Crippen LogP contribution in [0.15, 0.2) is 53.3 Å². The summed E-state index contributed by atoms with van der Waals surface area (Å²) in [4.78, 5) is 18.6. The summed E-state index contributed by atoms with van der Waals surface area (Å²) in [6.45, 7) is 16.2. The minimum absolute atomic E-state index is 0.0590. The Morgan fingerprint density at radius 1 is 1.00 bits per heavy atom. The molecule has 0 unspecified atom stereocenters. The van der Waals surface area contributed by atoms with Gasteiger partial charge >= 0.3 is 0 Å². The van der Waals surface area contributed by atoms with Gasteiger partial charge in [-0.05, 0) is 79.6 Å². The fourth-order valence-corrected chi connectivity index (χ4v) is 4.73. The van der Waals surface area contributed by atoms with Crippen molar-refractivity contribution < 1.29 is 0 Å². The number of aromatic amines is 1. The van der Waals surface area contributed by atoms with Crippen LogP contribution in [0.4, 0.5) is 0 Å². The van der Waals surface area contributed by atoms with E-state index >= 15 is 0 Å². The van der Waals surface area contributed by atoms with Crippen LogP contribution in [0.25, 0.3) is 10.9 Å². The maximum absolute atomic E-state index is 13.2. The van der Waals surface area contributed by atoms with Gasteiger partial charge in [0.1, 0.15) is 0 Å². The van der Waals surface area contributed by atoms with Gasteiger partial charge in [0.15, 0.2) is 5.82 Å². The number of H-pyrrole nitrogens is 1. The quantitative estimate of drug-likeness (QED) is 0.329. The average molecular weight is 487 g/mol. The number of fused-ring (bicyclic) bond motifs is 1. The van der Waals surface area contributed by atoms with Gasteiger partial charge in [-0.15, -0.1) is 5.10 Å². The Hall–Kier alpha value is -3.32. The zero-order valence-electron chi connectivity index (χ0n) is 22.5. The minimum atomic E-state index is -0.223. The van der Waals surface area contributed by atoms with Crippen LogP contribution in [-0.4, -0.2) is 30.1 Å². The largest absolute Gasteiger partial charge is 0.322 e. The summed E-state index contributed by atoms with van der Waals surface area (Å²) in [5.74, 6) is 1.05. The SMILES string of the molecule is CCC(C)(C)n1nnnc1[C@H](C(C)C)N(Cc1ccc(C)cc1)Cc1cc2cc(C)ccc2[nH]c1=O. The first-order valence-electron chi connectivity index (χ1n) is 12.8. The summed E-state index contributed by atoms with van der Waals surface area (Å²) < 4.78 is 1.97. The molecular formula is C29H38N6O. The Balaban J connectivity index is 1.81. The van der Waals surface area contributed by atoms with Crippen LogP contribution in [0.3, 0.4) is 0 Å². The lowest BCUT2D eigenvalue weighted by atomic mass is 9.96. The first-order valence-corrected chi connectivity index (χ1v) is 12.8. The highest BCUT2D eigenvalue weighted by Gasteiger charge is 2.33. The Morgan fingerprint density at radius 2 is 1.69 bits per heavy atom. The molecule has 1 atom stereocenters. The predicted molar refractivity (Wildman–Crippen MR) is 145 cm³/mol. The molecule has 1 N–H and O–H groups in total. The molecule has 0 amide bonds. The normalized spacial score (nSPS) is 13.1. The molecule has 7 nitrogen and oxygen atoms in total. The van der Waals surface area contributed by atoms with Crippen LogP contribution in [0.2, 0.25) is 0 Å². The fraction of sp³-hybridized carbons (Fsp3) is 0.448. The van der Waals surface area contributed by atoms with Crippen LogP contribution >= 0.6 is 0 Å². The van der Waals surface area contributed by atoms with E-state index in [9.17, 15) is 4.79 Å². The van der Waals surface area contributed by atoms with E-state index in [4.69, 9.17) is 0 Å². The van der Waals surface area contributed by atoms with Gasteiger partial charge in [0.25, 0.3) is 5.56 Å². The first kappa shape index (κ1) is 25.8. The Bertz CT molecular complexity index is 1380. The second-order valence-corrected chi connectivity index (χ2v) is 10.9. The summed E-state index contributed by atoms with van der Waals surface area (Å²) in [5.41, 5.74) is 4.88. The second-order valence-electron chi connectivity index (χ2n) is 10.9. The van der Waals surface area contributed by atoms with Crippen molar-refractivity contribution in [3.8, 4) is 0 Å². The molecule has 0 bridgehead atoms. The molecule has 190 valence electrons. The third-order valence-electron chi connectivity index (χ3n) is 7.18. The lowest BCUT2D eigenvalue weighted by Gasteiger charge is -2.35. The molecular weight excluding hydrogens is 448 g/mol. The highest BCUT2D eigenvalue weighted by atomic mass is 16.1. The molecule has 4 rings (SSSR count). The van der Waals surface area contributed by atoms with E-state index in [1.807, 2.05) is 22.9 Å². The molecule has 2 aromatic carbocycles. The van der Waals surface area contributed by atoms with Crippen LogP contribution in [0.5, 0.6) is 0 Å². The first-order chi connectivity index (χ1) is 17.1. The number of hydrogen-bond acceptors (Lipinski definition) is 5. The maximum Gasteiger partial charge on any atom is 0.252 e. The standard InChI is InChI=1S/C29H38N6O/c1-8-29(6,7)35-27(31-32-33-35)26(19(2)3)34(17-22-12-9-20(4)10-13-22)18-24-16-23-15-21(5)11-14-25(23)30-28(24)36/h9-16,19,26H,8,17-18H2,1-7H3,(H,30,36)/t26-/m0/s1. The summed E-state index contributed by atoms with van der Waals surface area (Å²) in [6, 6.07) is 16.6. The number of benzene rings is 2. The van der Waals surface area contributed by atoms with Crippen molar-refractivity contribution in [3.05, 3.63) is 87.0 Å². The number of pyridine rings is 1. The van der Waals surface area contributed by atoms with E-state index in [1.54, 1.807) is 0 Å². The summed E-state index contributed by atoms with van der Waals surface area (Å²) in [7, 11) is 0. The summed E-state index contributed by atoms with van der Waals surface area (Å²) in [5, 5.41) is 14.1. The van der Waals surface area contributed by atoms with Gasteiger partial charge in [0.2, 0.25) is 0 Å². The van der Waals surface area contributed by atoms with Gasteiger partial charge < -0.3 is 4.98 Å². The number of aromatic nitrogens is 5. The van der Waals surface area contributed by atoms with Crippen molar-refractivity contribution >= 4 is 10.9 Å². The molecule has 7 heteroatoms. The van der Waals surface area contributed by atoms with Gasteiger partial charge in [-0.1, -0.05) is 62.2 Å². The summed E-state index contributed by atoms with van der Waals surface area (Å²) >= 11 is 0. The number of aryl methyl sites for hydroxylation is 2. The number of rotatable bonds is 9. The van der Waals surface area contributed by atoms with Gasteiger partial charge in [0.05, 0.1) is 11.6 Å². The summed E-state index contributed by atoms with van der Waals surface area (Å²) in [6.07, 6.45) is 0.900. The van der Waals surface area contributed by atoms with E-state index in [2.05, 4.69) is 104 Å². The van der Waals surface area contributed by atoms with Gasteiger partial charge in [0, 0.05) is 24.2 Å². The van der Waals surface area contributed by atoms with E-state index in [1.165, 1.54) is 11.1 Å². The van der Waals surface area contributed by atoms with Gasteiger partial charge in [-0.25, -0.2) is 4.68 Å². The molecule has 0 aliphatic carbocycles. The van der Waals surface area contributed by atoms with Crippen molar-refractivity contribution in [2.75, 3.05) is 0 Å². The molecule has 2 heterocycles. The number of hydrogen-bond donors (Lipinski definition) is 1. The predicted octanol–water partition coefficient (Wildman–Crippen LogP) is 5.68. The van der Waals surface area contributed by atoms with Crippen LogP contribution in [0, 0.1) is 19.8 Å². The molecule has 0 saturated carbocycles. The number of nitrogens with zero attached hydrogens (tertiary/aromatic N) is 5. The molecule has 0 spiro atoms. The molecule has 0 aliphatic heterocycles. The number of nitrogens with one attached hydrogen (secondary N) is 1. The maximum atomic E-state index is 13.2. The van der Waals surface area contributed by atoms with E-state index in [-0.39, 0.29) is 23.1 Å². The highest BCUT2D eigenvalue weighted by Crippen LogP contribution is 2.33. The molecule has 4 aromatic rings. The Kier molecular flexibility index (Phi) is 7.41. The monoisotopic (exact) mass is 486 g/mol. The Morgan fingerprint density at radius 3 is 2.36 bits per heavy atom. The van der Waals surface area contributed by atoms with Crippen molar-refractivity contribution in [1.29, 1.82) is 0 Å². The molecule has 0 saturated heterocycles. The number of tetrazole rings is 1. The third kappa shape index (κ3) is 5.41. The topological polar surface area (TPSA) is 79.7 Å². The zero-order chi connectivity index (χ0) is 26.0. The average Bonchev–Trinajstić information content (AvgIpc) is 3.31. The van der Waals surface area contributed by atoms with Crippen molar-refractivity contribution in [3.63, 3.8) is 0 Å². The lowest BCUT2D eigenvalue weighted by Crippen LogP contribution is -2.38. The fourth-order valence-electron chi connectivity index (χ4n) is 4.73. The van der Waals surface area contributed by atoms with Crippen LogP contribution < -0.4 is 5.56 Å². The van der Waals surface area contributed by atoms with E-state index < -0.39 is 0 Å². The van der Waals surface area contributed by atoms with E-state index in [0.29, 0.717) is 13.1 Å². The molecule has 36 heavy (non-hydrogen) atoms. The van der Waals surface area contributed by atoms with Crippen LogP contribution in [-0.2, 0) is 18.6 Å². The molecule has 0 radical (unpaired) electrons. The third-order valence-corrected chi connectivity index (χ3v) is 7.18. The molecule has 0 fully saturated rings. The lowest BCUT2D eigenvalue weighted by molar-refractivity contribution is 0.118. The highest BCUT2D eigenvalue weighted by molar-refractivity contribution is 5.79. The molecule has 2 aromatic heterocycles. The van der Waals surface area contributed by atoms with E-state index in [0.717, 1.165) is 34.3 Å². The Labute approximate surface area is 213 Å². The van der Waals surface area contributed by atoms with Crippen LogP contribution in [0.1, 0.15) is 75.2 Å². The van der Waals surface area contributed by atoms with Gasteiger partial charge in [-0.2, -0.15) is 0 Å². The minimum Gasteiger partial charge on any atom is -0.322 e. The van der Waals surface area contributed by atoms with Crippen molar-refractivity contribution in [1.82, 2.24) is 30.1 Å². The smallest absolute Gasteiger partial charge is 0.252 e. The van der Waals surface area contributed by atoms with Crippen molar-refractivity contribution in [2.45, 2.75) is 79.6 Å².